The van der Waals surface area contributed by atoms with Gasteiger partial charge in [-0.2, -0.15) is 0 Å². The number of aryl methyl sites for hydroxylation is 1. The van der Waals surface area contributed by atoms with Gasteiger partial charge in [0.1, 0.15) is 0 Å². The predicted octanol–water partition coefficient (Wildman–Crippen LogP) is 2.18. The molecule has 15 heavy (non-hydrogen) atoms. The highest BCUT2D eigenvalue weighted by Gasteiger charge is 2.25. The summed E-state index contributed by atoms with van der Waals surface area (Å²) in [6.07, 6.45) is 0. The van der Waals surface area contributed by atoms with Crippen molar-refractivity contribution >= 4 is 5.69 Å². The second kappa shape index (κ2) is 3.86. The molecule has 1 heterocycles. The van der Waals surface area contributed by atoms with Crippen LogP contribution in [0.4, 0.5) is 5.69 Å². The molecule has 2 rings (SSSR count). The van der Waals surface area contributed by atoms with Gasteiger partial charge in [-0.05, 0) is 38.5 Å². The lowest BCUT2D eigenvalue weighted by atomic mass is 10.0. The molecule has 1 aromatic rings. The molecule has 1 saturated heterocycles. The van der Waals surface area contributed by atoms with Crippen molar-refractivity contribution in [2.24, 2.45) is 0 Å². The minimum Gasteiger partial charge on any atom is -0.368 e. The molecule has 1 aliphatic heterocycles. The summed E-state index contributed by atoms with van der Waals surface area (Å²) in [5, 5.41) is 3.53. The molecule has 0 amide bonds. The van der Waals surface area contributed by atoms with Crippen molar-refractivity contribution in [1.82, 2.24) is 5.32 Å². The van der Waals surface area contributed by atoms with E-state index in [9.17, 15) is 0 Å². The van der Waals surface area contributed by atoms with Gasteiger partial charge in [0.05, 0.1) is 0 Å². The SMILES string of the molecule is Cc1cccc(N2CCNC(C)(C)C2)c1. The van der Waals surface area contributed by atoms with Gasteiger partial charge >= 0.3 is 0 Å². The number of anilines is 1. The van der Waals surface area contributed by atoms with Crippen molar-refractivity contribution < 1.29 is 0 Å². The topological polar surface area (TPSA) is 15.3 Å². The van der Waals surface area contributed by atoms with Crippen LogP contribution >= 0.6 is 0 Å². The van der Waals surface area contributed by atoms with Crippen LogP contribution in [0.25, 0.3) is 0 Å². The van der Waals surface area contributed by atoms with Crippen LogP contribution in [0.15, 0.2) is 24.3 Å². The van der Waals surface area contributed by atoms with Gasteiger partial charge in [-0.25, -0.2) is 0 Å². The standard InChI is InChI=1S/C13H20N2/c1-11-5-4-6-12(9-11)15-8-7-14-13(2,3)10-15/h4-6,9,14H,7-8,10H2,1-3H3. The third kappa shape index (κ3) is 2.51. The maximum Gasteiger partial charge on any atom is 0.0369 e. The normalized spacial score (nSPS) is 20.3. The number of hydrogen-bond donors (Lipinski definition) is 1. The first-order valence-corrected chi connectivity index (χ1v) is 5.63. The van der Waals surface area contributed by atoms with E-state index in [4.69, 9.17) is 0 Å². The Kier molecular flexibility index (Phi) is 2.70. The van der Waals surface area contributed by atoms with E-state index in [1.54, 1.807) is 0 Å². The van der Waals surface area contributed by atoms with Crippen LogP contribution in [0.5, 0.6) is 0 Å². The molecule has 1 N–H and O–H groups in total. The predicted molar refractivity (Wildman–Crippen MR) is 65.5 cm³/mol. The van der Waals surface area contributed by atoms with Gasteiger partial charge in [-0.3, -0.25) is 0 Å². The summed E-state index contributed by atoms with van der Waals surface area (Å²) < 4.78 is 0. The molecule has 1 fully saturated rings. The van der Waals surface area contributed by atoms with Gasteiger partial charge in [-0.1, -0.05) is 12.1 Å². The number of hydrogen-bond acceptors (Lipinski definition) is 2. The van der Waals surface area contributed by atoms with E-state index in [0.29, 0.717) is 0 Å². The second-order valence-electron chi connectivity index (χ2n) is 5.07. The molecule has 0 aliphatic carbocycles. The van der Waals surface area contributed by atoms with Gasteiger partial charge in [0.15, 0.2) is 0 Å². The Balaban J connectivity index is 2.17. The summed E-state index contributed by atoms with van der Waals surface area (Å²) in [5.41, 5.74) is 2.91. The zero-order valence-electron chi connectivity index (χ0n) is 9.88. The Morgan fingerprint density at radius 1 is 1.33 bits per heavy atom. The lowest BCUT2D eigenvalue weighted by molar-refractivity contribution is 0.353. The Hall–Kier alpha value is -1.02. The van der Waals surface area contributed by atoms with Crippen molar-refractivity contribution in [1.29, 1.82) is 0 Å². The van der Waals surface area contributed by atoms with Crippen molar-refractivity contribution in [2.75, 3.05) is 24.5 Å². The molecule has 1 aromatic carbocycles. The van der Waals surface area contributed by atoms with Gasteiger partial charge < -0.3 is 10.2 Å². The van der Waals surface area contributed by atoms with Crippen LogP contribution in [-0.4, -0.2) is 25.2 Å². The maximum absolute atomic E-state index is 3.53. The Labute approximate surface area is 92.3 Å². The molecule has 0 radical (unpaired) electrons. The maximum atomic E-state index is 3.53. The van der Waals surface area contributed by atoms with E-state index < -0.39 is 0 Å². The smallest absolute Gasteiger partial charge is 0.0369 e. The third-order valence-corrected chi connectivity index (χ3v) is 2.94. The van der Waals surface area contributed by atoms with Crippen LogP contribution in [0, 0.1) is 6.92 Å². The minimum atomic E-state index is 0.224. The zero-order valence-corrected chi connectivity index (χ0v) is 9.88. The molecule has 2 nitrogen and oxygen atoms in total. The van der Waals surface area contributed by atoms with Gasteiger partial charge in [-0.15, -0.1) is 0 Å². The summed E-state index contributed by atoms with van der Waals surface area (Å²) in [5.74, 6) is 0. The fourth-order valence-electron chi connectivity index (χ4n) is 2.19. The lowest BCUT2D eigenvalue weighted by Gasteiger charge is -2.40. The molecule has 0 unspecified atom stereocenters. The Morgan fingerprint density at radius 3 is 2.80 bits per heavy atom. The molecule has 0 spiro atoms. The van der Waals surface area contributed by atoms with E-state index >= 15 is 0 Å². The summed E-state index contributed by atoms with van der Waals surface area (Å²) >= 11 is 0. The molecular formula is C13H20N2. The minimum absolute atomic E-state index is 0.224. The van der Waals surface area contributed by atoms with E-state index in [2.05, 4.69) is 55.3 Å². The average Bonchev–Trinajstić information content (AvgIpc) is 2.16. The molecule has 2 heteroatoms. The van der Waals surface area contributed by atoms with Gasteiger partial charge in [0.2, 0.25) is 0 Å². The van der Waals surface area contributed by atoms with Crippen molar-refractivity contribution in [3.05, 3.63) is 29.8 Å². The van der Waals surface area contributed by atoms with Crippen LogP contribution in [0.1, 0.15) is 19.4 Å². The van der Waals surface area contributed by atoms with E-state index in [-0.39, 0.29) is 5.54 Å². The zero-order chi connectivity index (χ0) is 10.9. The van der Waals surface area contributed by atoms with Crippen molar-refractivity contribution in [2.45, 2.75) is 26.3 Å². The summed E-state index contributed by atoms with van der Waals surface area (Å²) in [6.45, 7) is 9.92. The number of nitrogens with one attached hydrogen (secondary N) is 1. The summed E-state index contributed by atoms with van der Waals surface area (Å²) in [6, 6.07) is 8.76. The lowest BCUT2D eigenvalue weighted by Crippen LogP contribution is -2.57. The number of nitrogens with zero attached hydrogens (tertiary/aromatic N) is 1. The molecular weight excluding hydrogens is 184 g/mol. The Bertz CT molecular complexity index is 344. The highest BCUT2D eigenvalue weighted by Crippen LogP contribution is 2.20. The van der Waals surface area contributed by atoms with Crippen LogP contribution < -0.4 is 10.2 Å². The molecule has 0 aromatic heterocycles. The average molecular weight is 204 g/mol. The first-order chi connectivity index (χ1) is 7.07. The van der Waals surface area contributed by atoms with Gasteiger partial charge in [0, 0.05) is 30.9 Å². The molecule has 0 saturated carbocycles. The molecule has 0 bridgehead atoms. The molecule has 1 aliphatic rings. The third-order valence-electron chi connectivity index (χ3n) is 2.94. The summed E-state index contributed by atoms with van der Waals surface area (Å²) in [7, 11) is 0. The van der Waals surface area contributed by atoms with Crippen molar-refractivity contribution in [3.63, 3.8) is 0 Å². The quantitative estimate of drug-likeness (QED) is 0.754. The molecule has 0 atom stereocenters. The number of benzene rings is 1. The summed E-state index contributed by atoms with van der Waals surface area (Å²) in [4.78, 5) is 2.46. The number of rotatable bonds is 1. The Morgan fingerprint density at radius 2 is 2.13 bits per heavy atom. The van der Waals surface area contributed by atoms with Gasteiger partial charge in [0.25, 0.3) is 0 Å². The first-order valence-electron chi connectivity index (χ1n) is 5.63. The highest BCUT2D eigenvalue weighted by atomic mass is 15.2. The fourth-order valence-corrected chi connectivity index (χ4v) is 2.19. The fraction of sp³-hybridized carbons (Fsp3) is 0.538. The largest absolute Gasteiger partial charge is 0.368 e. The van der Waals surface area contributed by atoms with E-state index in [1.165, 1.54) is 11.3 Å². The first kappa shape index (κ1) is 10.5. The van der Waals surface area contributed by atoms with E-state index in [0.717, 1.165) is 19.6 Å². The van der Waals surface area contributed by atoms with E-state index in [1.807, 2.05) is 0 Å². The molecule has 82 valence electrons. The number of piperazine rings is 1. The van der Waals surface area contributed by atoms with Crippen molar-refractivity contribution in [3.8, 4) is 0 Å². The van der Waals surface area contributed by atoms with Crippen LogP contribution in [-0.2, 0) is 0 Å². The highest BCUT2D eigenvalue weighted by molar-refractivity contribution is 5.49. The monoisotopic (exact) mass is 204 g/mol. The van der Waals surface area contributed by atoms with Crippen LogP contribution in [0.2, 0.25) is 0 Å². The second-order valence-corrected chi connectivity index (χ2v) is 5.07. The van der Waals surface area contributed by atoms with Crippen LogP contribution in [0.3, 0.4) is 0 Å².